The van der Waals surface area contributed by atoms with Crippen LogP contribution in [0, 0.1) is 19.0 Å². The summed E-state index contributed by atoms with van der Waals surface area (Å²) in [5.41, 5.74) is 7.62. The zero-order valence-corrected chi connectivity index (χ0v) is 20.6. The van der Waals surface area contributed by atoms with Crippen molar-refractivity contribution >= 4 is 34.5 Å². The van der Waals surface area contributed by atoms with Crippen LogP contribution in [0.3, 0.4) is 0 Å². The van der Waals surface area contributed by atoms with Gasteiger partial charge in [-0.2, -0.15) is 0 Å². The minimum absolute atomic E-state index is 1.29. The quantitative estimate of drug-likeness (QED) is 0.367. The first-order chi connectivity index (χ1) is 9.78. The molecule has 0 aromatic rings. The van der Waals surface area contributed by atoms with E-state index in [1.807, 2.05) is 0 Å². The van der Waals surface area contributed by atoms with Crippen LogP contribution in [0.15, 0.2) is 0 Å². The van der Waals surface area contributed by atoms with E-state index in [1.165, 1.54) is 36.3 Å². The summed E-state index contributed by atoms with van der Waals surface area (Å²) in [6.07, 6.45) is 0. The van der Waals surface area contributed by atoms with E-state index in [2.05, 4.69) is 70.4 Å². The van der Waals surface area contributed by atoms with Gasteiger partial charge in [-0.1, -0.05) is 0 Å². The second kappa shape index (κ2) is 9.48. The third kappa shape index (κ3) is 6.55. The van der Waals surface area contributed by atoms with Gasteiger partial charge in [-0.25, -0.2) is 0 Å². The van der Waals surface area contributed by atoms with Crippen LogP contribution in [0.2, 0.25) is 46.1 Å². The molecule has 0 bridgehead atoms. The van der Waals surface area contributed by atoms with Gasteiger partial charge in [-0.15, -0.1) is 0 Å². The maximum absolute atomic E-state index is 3.81. The van der Waals surface area contributed by atoms with E-state index in [4.69, 9.17) is 0 Å². The molecule has 0 nitrogen and oxygen atoms in total. The molecule has 120 valence electrons. The molecule has 0 rings (SSSR count). The SMILES string of the molecule is CC[Si](C#[C][Sn]([CH3])([CH3])[C]#C[Si](CC)(CC)CC)(CC)CC. The maximum atomic E-state index is 3.81. The molecule has 0 saturated carbocycles. The van der Waals surface area contributed by atoms with Crippen LogP contribution >= 0.6 is 0 Å². The van der Waals surface area contributed by atoms with Gasteiger partial charge in [0.1, 0.15) is 0 Å². The van der Waals surface area contributed by atoms with Crippen molar-refractivity contribution in [3.63, 3.8) is 0 Å². The first-order valence-electron chi connectivity index (χ1n) is 8.86. The molecule has 0 N–H and O–H groups in total. The molecule has 0 aliphatic carbocycles. The second-order valence-corrected chi connectivity index (χ2v) is 27.4. The molecule has 0 aliphatic heterocycles. The average molecular weight is 427 g/mol. The van der Waals surface area contributed by atoms with Crippen molar-refractivity contribution in [1.82, 2.24) is 0 Å². The van der Waals surface area contributed by atoms with E-state index < -0.39 is 34.5 Å². The Kier molecular flexibility index (Phi) is 9.64. The molecule has 0 atom stereocenters. The van der Waals surface area contributed by atoms with Crippen LogP contribution in [0.25, 0.3) is 0 Å². The summed E-state index contributed by atoms with van der Waals surface area (Å²) < 4.78 is 7.54. The summed E-state index contributed by atoms with van der Waals surface area (Å²) in [6.45, 7) is 14.0. The molecule has 0 fully saturated rings. The van der Waals surface area contributed by atoms with Gasteiger partial charge in [-0.3, -0.25) is 0 Å². The van der Waals surface area contributed by atoms with Crippen molar-refractivity contribution < 1.29 is 0 Å². The molecule has 0 unspecified atom stereocenters. The van der Waals surface area contributed by atoms with Crippen LogP contribution in [0.4, 0.5) is 0 Å². The Morgan fingerprint density at radius 3 is 1.00 bits per heavy atom. The van der Waals surface area contributed by atoms with Crippen LogP contribution in [0.1, 0.15) is 41.5 Å². The number of hydrogen-bond donors (Lipinski definition) is 0. The standard InChI is InChI=1S/2C8H15Si.2CH3.Sn/c2*1-5-9(6-2,7-3)8-4;;;/h2*5-7H2,1-3H3;2*1H3;. The summed E-state index contributed by atoms with van der Waals surface area (Å²) in [5.74, 6) is 0. The van der Waals surface area contributed by atoms with E-state index in [9.17, 15) is 0 Å². The van der Waals surface area contributed by atoms with Gasteiger partial charge < -0.3 is 0 Å². The summed E-state index contributed by atoms with van der Waals surface area (Å²) in [4.78, 5) is 4.82. The summed E-state index contributed by atoms with van der Waals surface area (Å²) in [6, 6.07) is 7.83. The Balaban J connectivity index is 5.37. The van der Waals surface area contributed by atoms with E-state index in [-0.39, 0.29) is 0 Å². The van der Waals surface area contributed by atoms with Gasteiger partial charge >= 0.3 is 141 Å². The van der Waals surface area contributed by atoms with E-state index in [0.29, 0.717) is 0 Å². The van der Waals surface area contributed by atoms with Crippen LogP contribution < -0.4 is 0 Å². The Hall–Kier alpha value is 0.352. The van der Waals surface area contributed by atoms with Crippen molar-refractivity contribution in [2.45, 2.75) is 87.7 Å². The third-order valence-corrected chi connectivity index (χ3v) is 20.5. The normalized spacial score (nSPS) is 12.2. The second-order valence-electron chi connectivity index (χ2n) is 6.81. The predicted octanol–water partition coefficient (Wildman–Crippen LogP) is 5.88. The zero-order valence-electron chi connectivity index (χ0n) is 15.7. The van der Waals surface area contributed by atoms with E-state index in [0.717, 1.165) is 0 Å². The molecular weight excluding hydrogens is 391 g/mol. The van der Waals surface area contributed by atoms with Crippen molar-refractivity contribution in [2.75, 3.05) is 0 Å². The fourth-order valence-electron chi connectivity index (χ4n) is 2.64. The van der Waals surface area contributed by atoms with Crippen molar-refractivity contribution in [3.8, 4) is 19.0 Å². The molecule has 0 saturated heterocycles. The molecule has 0 aromatic heterocycles. The van der Waals surface area contributed by atoms with Gasteiger partial charge in [0, 0.05) is 0 Å². The monoisotopic (exact) mass is 428 g/mol. The number of rotatable bonds is 6. The van der Waals surface area contributed by atoms with Crippen molar-refractivity contribution in [1.29, 1.82) is 0 Å². The Morgan fingerprint density at radius 2 is 0.810 bits per heavy atom. The van der Waals surface area contributed by atoms with Gasteiger partial charge in [0.05, 0.1) is 0 Å². The van der Waals surface area contributed by atoms with Crippen LogP contribution in [-0.4, -0.2) is 34.5 Å². The van der Waals surface area contributed by atoms with E-state index >= 15 is 0 Å². The molecule has 3 heteroatoms. The average Bonchev–Trinajstić information content (AvgIpc) is 2.51. The van der Waals surface area contributed by atoms with Gasteiger partial charge in [0.2, 0.25) is 0 Å². The first kappa shape index (κ1) is 21.4. The first-order valence-corrected chi connectivity index (χ1v) is 22.7. The van der Waals surface area contributed by atoms with Crippen molar-refractivity contribution in [3.05, 3.63) is 0 Å². The minimum atomic E-state index is -2.46. The fourth-order valence-corrected chi connectivity index (χ4v) is 17.9. The number of hydrogen-bond acceptors (Lipinski definition) is 0. The Bertz CT molecular complexity index is 367. The third-order valence-electron chi connectivity index (χ3n) is 5.34. The van der Waals surface area contributed by atoms with Crippen molar-refractivity contribution in [2.24, 2.45) is 0 Å². The summed E-state index contributed by atoms with van der Waals surface area (Å²) in [5, 5.41) is 0. The fraction of sp³-hybridized carbons (Fsp3) is 0.778. The molecule has 0 amide bonds. The molecule has 0 spiro atoms. The molecule has 0 radical (unpaired) electrons. The van der Waals surface area contributed by atoms with Gasteiger partial charge in [0.15, 0.2) is 0 Å². The van der Waals surface area contributed by atoms with Crippen LogP contribution in [-0.2, 0) is 0 Å². The van der Waals surface area contributed by atoms with Crippen LogP contribution in [0.5, 0.6) is 0 Å². The van der Waals surface area contributed by atoms with E-state index in [1.54, 1.807) is 0 Å². The summed E-state index contributed by atoms with van der Waals surface area (Å²) in [7, 11) is -2.58. The topological polar surface area (TPSA) is 0 Å². The van der Waals surface area contributed by atoms with Gasteiger partial charge in [0.25, 0.3) is 0 Å². The summed E-state index contributed by atoms with van der Waals surface area (Å²) >= 11 is -2.46. The van der Waals surface area contributed by atoms with Gasteiger partial charge in [-0.05, 0) is 0 Å². The predicted molar refractivity (Wildman–Crippen MR) is 107 cm³/mol. The Labute approximate surface area is 140 Å². The molecule has 0 aromatic carbocycles. The molecule has 0 heterocycles. The molecular formula is C18H36Si2Sn. The molecule has 0 aliphatic rings. The Morgan fingerprint density at radius 1 is 0.571 bits per heavy atom. The molecule has 21 heavy (non-hydrogen) atoms. The zero-order chi connectivity index (χ0) is 16.6.